The van der Waals surface area contributed by atoms with Crippen LogP contribution in [0.3, 0.4) is 0 Å². The van der Waals surface area contributed by atoms with Crippen molar-refractivity contribution in [3.8, 4) is 5.75 Å². The predicted octanol–water partition coefficient (Wildman–Crippen LogP) is 4.77. The summed E-state index contributed by atoms with van der Waals surface area (Å²) in [5.74, 6) is 3.00. The summed E-state index contributed by atoms with van der Waals surface area (Å²) in [5, 5.41) is 6.71. The topological polar surface area (TPSA) is 59.1 Å². The quantitative estimate of drug-likeness (QED) is 0.672. The molecule has 0 aliphatic rings. The molecule has 0 aliphatic carbocycles. The summed E-state index contributed by atoms with van der Waals surface area (Å²) in [6.07, 6.45) is 0. The Balaban J connectivity index is 1.78. The van der Waals surface area contributed by atoms with Gasteiger partial charge in [0.2, 0.25) is 0 Å². The molecule has 3 aromatic rings. The van der Waals surface area contributed by atoms with Gasteiger partial charge in [-0.25, -0.2) is 9.97 Å². The van der Waals surface area contributed by atoms with E-state index < -0.39 is 0 Å². The smallest absolute Gasteiger partial charge is 0.142 e. The molecule has 1 heterocycles. The Morgan fingerprint density at radius 1 is 0.885 bits per heavy atom. The fourth-order valence-electron chi connectivity index (χ4n) is 2.79. The average molecular weight is 348 g/mol. The molecule has 3 rings (SSSR count). The second-order valence-corrected chi connectivity index (χ2v) is 6.36. The predicted molar refractivity (Wildman–Crippen MR) is 106 cm³/mol. The van der Waals surface area contributed by atoms with Gasteiger partial charge in [0.1, 0.15) is 23.2 Å². The van der Waals surface area contributed by atoms with Crippen LogP contribution in [0.4, 0.5) is 17.3 Å². The normalized spacial score (nSPS) is 10.5. The molecule has 0 unspecified atom stereocenters. The van der Waals surface area contributed by atoms with Gasteiger partial charge in [0.25, 0.3) is 0 Å². The van der Waals surface area contributed by atoms with Crippen molar-refractivity contribution in [1.29, 1.82) is 0 Å². The van der Waals surface area contributed by atoms with Crippen molar-refractivity contribution >= 4 is 17.3 Å². The van der Waals surface area contributed by atoms with Gasteiger partial charge in [-0.2, -0.15) is 0 Å². The van der Waals surface area contributed by atoms with E-state index in [1.165, 1.54) is 11.1 Å². The third-order valence-corrected chi connectivity index (χ3v) is 4.01. The lowest BCUT2D eigenvalue weighted by atomic mass is 10.1. The molecule has 0 saturated heterocycles. The number of nitrogens with one attached hydrogen (secondary N) is 2. The Bertz CT molecular complexity index is 908. The van der Waals surface area contributed by atoms with E-state index in [-0.39, 0.29) is 0 Å². The largest absolute Gasteiger partial charge is 0.495 e. The van der Waals surface area contributed by atoms with Crippen molar-refractivity contribution in [3.63, 3.8) is 0 Å². The molecule has 0 radical (unpaired) electrons. The second kappa shape index (κ2) is 7.87. The molecule has 0 spiro atoms. The van der Waals surface area contributed by atoms with E-state index in [0.29, 0.717) is 12.4 Å². The Labute approximate surface area is 154 Å². The van der Waals surface area contributed by atoms with Gasteiger partial charge in [-0.05, 0) is 44.0 Å². The molecule has 5 heteroatoms. The van der Waals surface area contributed by atoms with Crippen LogP contribution in [0, 0.1) is 20.8 Å². The van der Waals surface area contributed by atoms with Gasteiger partial charge in [-0.1, -0.05) is 35.9 Å². The molecule has 0 bridgehead atoms. The van der Waals surface area contributed by atoms with Crippen LogP contribution < -0.4 is 15.4 Å². The summed E-state index contributed by atoms with van der Waals surface area (Å²) in [6.45, 7) is 6.74. The van der Waals surface area contributed by atoms with Crippen molar-refractivity contribution in [2.75, 3.05) is 17.7 Å². The molecular weight excluding hydrogens is 324 g/mol. The molecule has 0 fully saturated rings. The van der Waals surface area contributed by atoms with Crippen LogP contribution in [0.25, 0.3) is 0 Å². The van der Waals surface area contributed by atoms with Crippen LogP contribution in [-0.2, 0) is 6.54 Å². The number of hydrogen-bond acceptors (Lipinski definition) is 5. The van der Waals surface area contributed by atoms with E-state index in [9.17, 15) is 0 Å². The fourth-order valence-corrected chi connectivity index (χ4v) is 2.79. The highest BCUT2D eigenvalue weighted by Crippen LogP contribution is 2.28. The maximum absolute atomic E-state index is 5.43. The molecule has 1 aromatic heterocycles. The van der Waals surface area contributed by atoms with Crippen molar-refractivity contribution in [3.05, 3.63) is 71.0 Å². The summed E-state index contributed by atoms with van der Waals surface area (Å²) >= 11 is 0. The highest BCUT2D eigenvalue weighted by Gasteiger charge is 2.07. The summed E-state index contributed by atoms with van der Waals surface area (Å²) in [5.41, 5.74) is 4.50. The molecule has 26 heavy (non-hydrogen) atoms. The van der Waals surface area contributed by atoms with Gasteiger partial charge in [0, 0.05) is 12.6 Å². The Hall–Kier alpha value is -3.08. The number of anilines is 3. The number of hydrogen-bond donors (Lipinski definition) is 2. The second-order valence-electron chi connectivity index (χ2n) is 6.36. The van der Waals surface area contributed by atoms with E-state index >= 15 is 0 Å². The first-order valence-corrected chi connectivity index (χ1v) is 8.60. The molecule has 2 aromatic carbocycles. The minimum atomic E-state index is 0.702. The zero-order chi connectivity index (χ0) is 18.5. The maximum Gasteiger partial charge on any atom is 0.142 e. The Kier molecular flexibility index (Phi) is 5.37. The van der Waals surface area contributed by atoms with Crippen LogP contribution in [0.1, 0.15) is 22.5 Å². The average Bonchev–Trinajstić information content (AvgIpc) is 2.60. The highest BCUT2D eigenvalue weighted by atomic mass is 16.5. The summed E-state index contributed by atoms with van der Waals surface area (Å²) < 4.78 is 5.43. The molecule has 0 saturated carbocycles. The minimum Gasteiger partial charge on any atom is -0.495 e. The third kappa shape index (κ3) is 4.51. The molecule has 134 valence electrons. The molecule has 5 nitrogen and oxygen atoms in total. The van der Waals surface area contributed by atoms with E-state index in [4.69, 9.17) is 4.74 Å². The van der Waals surface area contributed by atoms with Crippen LogP contribution >= 0.6 is 0 Å². The zero-order valence-corrected chi connectivity index (χ0v) is 15.6. The van der Waals surface area contributed by atoms with Crippen molar-refractivity contribution in [2.24, 2.45) is 0 Å². The van der Waals surface area contributed by atoms with Crippen molar-refractivity contribution in [1.82, 2.24) is 9.97 Å². The zero-order valence-electron chi connectivity index (χ0n) is 15.6. The van der Waals surface area contributed by atoms with Gasteiger partial charge in [0.15, 0.2) is 0 Å². The van der Waals surface area contributed by atoms with Gasteiger partial charge >= 0.3 is 0 Å². The Morgan fingerprint density at radius 2 is 1.65 bits per heavy atom. The third-order valence-electron chi connectivity index (χ3n) is 4.01. The lowest BCUT2D eigenvalue weighted by Gasteiger charge is -2.13. The highest BCUT2D eigenvalue weighted by molar-refractivity contribution is 5.66. The van der Waals surface area contributed by atoms with E-state index in [2.05, 4.69) is 51.8 Å². The number of ether oxygens (including phenoxy) is 1. The van der Waals surface area contributed by atoms with Crippen LogP contribution in [0.5, 0.6) is 5.75 Å². The number of nitrogens with zero attached hydrogens (tertiary/aromatic N) is 2. The molecule has 0 atom stereocenters. The lowest BCUT2D eigenvalue weighted by molar-refractivity contribution is 0.416. The monoisotopic (exact) mass is 348 g/mol. The number of rotatable bonds is 6. The van der Waals surface area contributed by atoms with Gasteiger partial charge < -0.3 is 15.4 Å². The first-order chi connectivity index (χ1) is 12.5. The summed E-state index contributed by atoms with van der Waals surface area (Å²) in [7, 11) is 1.66. The molecular formula is C21H24N4O. The minimum absolute atomic E-state index is 0.702. The summed E-state index contributed by atoms with van der Waals surface area (Å²) in [6, 6.07) is 16.3. The summed E-state index contributed by atoms with van der Waals surface area (Å²) in [4.78, 5) is 8.97. The number of aryl methyl sites for hydroxylation is 3. The SMILES string of the molecule is COc1ccc(C)cc1Nc1cc(NCc2cccc(C)c2)nc(C)n1. The molecule has 0 amide bonds. The van der Waals surface area contributed by atoms with Gasteiger partial charge in [0.05, 0.1) is 12.8 Å². The van der Waals surface area contributed by atoms with E-state index in [0.717, 1.165) is 28.6 Å². The van der Waals surface area contributed by atoms with E-state index in [1.54, 1.807) is 7.11 Å². The number of methoxy groups -OCH3 is 1. The number of aromatic nitrogens is 2. The first kappa shape index (κ1) is 17.7. The number of benzene rings is 2. The van der Waals surface area contributed by atoms with E-state index in [1.807, 2.05) is 38.1 Å². The Morgan fingerprint density at radius 3 is 2.42 bits per heavy atom. The van der Waals surface area contributed by atoms with Crippen LogP contribution in [-0.4, -0.2) is 17.1 Å². The first-order valence-electron chi connectivity index (χ1n) is 8.60. The van der Waals surface area contributed by atoms with Crippen molar-refractivity contribution < 1.29 is 4.74 Å². The fraction of sp³-hybridized carbons (Fsp3) is 0.238. The van der Waals surface area contributed by atoms with Gasteiger partial charge in [-0.15, -0.1) is 0 Å². The molecule has 2 N–H and O–H groups in total. The van der Waals surface area contributed by atoms with Crippen LogP contribution in [0.15, 0.2) is 48.5 Å². The van der Waals surface area contributed by atoms with Gasteiger partial charge in [-0.3, -0.25) is 0 Å². The van der Waals surface area contributed by atoms with Crippen molar-refractivity contribution in [2.45, 2.75) is 27.3 Å². The molecule has 0 aliphatic heterocycles. The maximum atomic E-state index is 5.43. The van der Waals surface area contributed by atoms with Crippen LogP contribution in [0.2, 0.25) is 0 Å². The standard InChI is InChI=1S/C21H24N4O/c1-14-6-5-7-17(10-14)13-22-20-12-21(24-16(3)23-20)25-18-11-15(2)8-9-19(18)26-4/h5-12H,13H2,1-4H3,(H2,22,23,24,25). The lowest BCUT2D eigenvalue weighted by Crippen LogP contribution is -2.05.